The van der Waals surface area contributed by atoms with E-state index in [1.165, 1.54) is 4.68 Å². The largest absolute Gasteiger partial charge is 0.486 e. The lowest BCUT2D eigenvalue weighted by Crippen LogP contribution is -2.27. The van der Waals surface area contributed by atoms with E-state index in [2.05, 4.69) is 5.10 Å². The van der Waals surface area contributed by atoms with Gasteiger partial charge in [-0.25, -0.2) is 4.68 Å². The Morgan fingerprint density at radius 1 is 1.12 bits per heavy atom. The van der Waals surface area contributed by atoms with Gasteiger partial charge >= 0.3 is 0 Å². The zero-order chi connectivity index (χ0) is 17.4. The van der Waals surface area contributed by atoms with Crippen molar-refractivity contribution in [3.63, 3.8) is 0 Å². The van der Waals surface area contributed by atoms with Crippen LogP contribution in [0.2, 0.25) is 0 Å². The fraction of sp³-hybridized carbons (Fsp3) is 0.263. The van der Waals surface area contributed by atoms with Crippen LogP contribution in [-0.2, 0) is 6.54 Å². The van der Waals surface area contributed by atoms with Crippen molar-refractivity contribution in [3.05, 3.63) is 64.1 Å². The van der Waals surface area contributed by atoms with Crippen molar-refractivity contribution in [2.45, 2.75) is 19.6 Å². The smallest absolute Gasteiger partial charge is 0.274 e. The molecule has 2 heterocycles. The van der Waals surface area contributed by atoms with Crippen molar-refractivity contribution in [3.8, 4) is 11.5 Å². The van der Waals surface area contributed by atoms with Crippen LogP contribution in [-0.4, -0.2) is 28.1 Å². The molecule has 1 atom stereocenters. The van der Waals surface area contributed by atoms with E-state index in [0.29, 0.717) is 35.7 Å². The maximum absolute atomic E-state index is 12.6. The number of aromatic nitrogens is 2. The number of ether oxygens (including phenoxy) is 2. The highest BCUT2D eigenvalue weighted by molar-refractivity contribution is 5.83. The van der Waals surface area contributed by atoms with E-state index < -0.39 is 6.10 Å². The fourth-order valence-electron chi connectivity index (χ4n) is 3.06. The summed E-state index contributed by atoms with van der Waals surface area (Å²) < 4.78 is 12.3. The van der Waals surface area contributed by atoms with Crippen LogP contribution in [0.4, 0.5) is 0 Å². The molecule has 0 radical (unpaired) electrons. The highest BCUT2D eigenvalue weighted by atomic mass is 16.6. The summed E-state index contributed by atoms with van der Waals surface area (Å²) in [5.74, 6) is 1.27. The molecule has 1 aromatic heterocycles. The van der Waals surface area contributed by atoms with Gasteiger partial charge in [0.05, 0.1) is 23.7 Å². The Hall–Kier alpha value is -2.86. The van der Waals surface area contributed by atoms with Gasteiger partial charge in [-0.05, 0) is 30.7 Å². The van der Waals surface area contributed by atoms with Gasteiger partial charge in [0.25, 0.3) is 5.56 Å². The molecule has 1 N–H and O–H groups in total. The molecule has 6 heteroatoms. The summed E-state index contributed by atoms with van der Waals surface area (Å²) in [6.07, 6.45) is -0.874. The van der Waals surface area contributed by atoms with Gasteiger partial charge in [-0.15, -0.1) is 0 Å². The molecule has 0 fully saturated rings. The zero-order valence-corrected chi connectivity index (χ0v) is 13.8. The average Bonchev–Trinajstić information content (AvgIpc) is 2.65. The lowest BCUT2D eigenvalue weighted by atomic mass is 10.1. The SMILES string of the molecule is Cc1nn(C[C@H](O)c2ccc3c(c2)OCCO3)c(=O)c2ccccc12. The number of aliphatic hydroxyl groups excluding tert-OH is 1. The van der Waals surface area contributed by atoms with Crippen molar-refractivity contribution in [1.82, 2.24) is 9.78 Å². The summed E-state index contributed by atoms with van der Waals surface area (Å²) in [6, 6.07) is 12.7. The van der Waals surface area contributed by atoms with Crippen LogP contribution in [0, 0.1) is 6.92 Å². The molecule has 128 valence electrons. The van der Waals surface area contributed by atoms with Crippen LogP contribution < -0.4 is 15.0 Å². The minimum atomic E-state index is -0.874. The third-order valence-electron chi connectivity index (χ3n) is 4.35. The van der Waals surface area contributed by atoms with Crippen LogP contribution >= 0.6 is 0 Å². The first kappa shape index (κ1) is 15.7. The van der Waals surface area contributed by atoms with E-state index in [4.69, 9.17) is 9.47 Å². The van der Waals surface area contributed by atoms with E-state index in [1.807, 2.05) is 25.1 Å². The molecule has 2 aromatic carbocycles. The van der Waals surface area contributed by atoms with Crippen molar-refractivity contribution >= 4 is 10.8 Å². The molecule has 0 saturated carbocycles. The van der Waals surface area contributed by atoms with Crippen LogP contribution in [0.5, 0.6) is 11.5 Å². The van der Waals surface area contributed by atoms with Gasteiger partial charge in [-0.1, -0.05) is 24.3 Å². The summed E-state index contributed by atoms with van der Waals surface area (Å²) in [6.45, 7) is 2.93. The van der Waals surface area contributed by atoms with Gasteiger partial charge in [0, 0.05) is 5.39 Å². The lowest BCUT2D eigenvalue weighted by Gasteiger charge is -2.20. The molecule has 1 aliphatic rings. The number of aryl methyl sites for hydroxylation is 1. The fourth-order valence-corrected chi connectivity index (χ4v) is 3.06. The second-order valence-corrected chi connectivity index (χ2v) is 6.04. The second kappa shape index (κ2) is 6.22. The maximum atomic E-state index is 12.6. The summed E-state index contributed by atoms with van der Waals surface area (Å²) >= 11 is 0. The van der Waals surface area contributed by atoms with Crippen LogP contribution in [0.3, 0.4) is 0 Å². The Balaban J connectivity index is 1.67. The van der Waals surface area contributed by atoms with E-state index >= 15 is 0 Å². The Bertz CT molecular complexity index is 996. The number of aliphatic hydroxyl groups is 1. The van der Waals surface area contributed by atoms with Crippen molar-refractivity contribution in [1.29, 1.82) is 0 Å². The van der Waals surface area contributed by atoms with Crippen molar-refractivity contribution in [2.24, 2.45) is 0 Å². The number of fused-ring (bicyclic) bond motifs is 2. The number of benzene rings is 2. The van der Waals surface area contributed by atoms with Gasteiger partial charge in [0.1, 0.15) is 13.2 Å². The topological polar surface area (TPSA) is 73.6 Å². The van der Waals surface area contributed by atoms with Gasteiger partial charge in [-0.3, -0.25) is 4.79 Å². The average molecular weight is 338 g/mol. The Labute approximate surface area is 144 Å². The lowest BCUT2D eigenvalue weighted by molar-refractivity contribution is 0.146. The van der Waals surface area contributed by atoms with E-state index in [0.717, 1.165) is 11.1 Å². The van der Waals surface area contributed by atoms with Gasteiger partial charge in [-0.2, -0.15) is 5.10 Å². The molecular formula is C19H18N2O4. The molecule has 0 saturated heterocycles. The van der Waals surface area contributed by atoms with E-state index in [-0.39, 0.29) is 12.1 Å². The quantitative estimate of drug-likeness (QED) is 0.793. The Morgan fingerprint density at radius 2 is 1.84 bits per heavy atom. The number of hydrogen-bond donors (Lipinski definition) is 1. The minimum absolute atomic E-state index is 0.0736. The summed E-state index contributed by atoms with van der Waals surface area (Å²) in [4.78, 5) is 12.6. The highest BCUT2D eigenvalue weighted by Gasteiger charge is 2.17. The van der Waals surface area contributed by atoms with Gasteiger partial charge in [0.2, 0.25) is 0 Å². The molecular weight excluding hydrogens is 320 g/mol. The molecule has 0 amide bonds. The van der Waals surface area contributed by atoms with Gasteiger partial charge in [0.15, 0.2) is 11.5 Å². The third kappa shape index (κ3) is 2.85. The summed E-state index contributed by atoms with van der Waals surface area (Å²) in [5, 5.41) is 16.3. The summed E-state index contributed by atoms with van der Waals surface area (Å²) in [7, 11) is 0. The first-order chi connectivity index (χ1) is 12.1. The molecule has 4 rings (SSSR count). The molecule has 6 nitrogen and oxygen atoms in total. The van der Waals surface area contributed by atoms with Crippen LogP contribution in [0.15, 0.2) is 47.3 Å². The van der Waals surface area contributed by atoms with E-state index in [1.54, 1.807) is 24.3 Å². The van der Waals surface area contributed by atoms with Crippen LogP contribution in [0.1, 0.15) is 17.4 Å². The predicted molar refractivity (Wildman–Crippen MR) is 93.1 cm³/mol. The standard InChI is InChI=1S/C19H18N2O4/c1-12-14-4-2-3-5-15(14)19(23)21(20-12)11-16(22)13-6-7-17-18(10-13)25-9-8-24-17/h2-7,10,16,22H,8-9,11H2,1H3/t16-/m0/s1. The molecule has 0 aliphatic carbocycles. The third-order valence-corrected chi connectivity index (χ3v) is 4.35. The van der Waals surface area contributed by atoms with Crippen molar-refractivity contribution < 1.29 is 14.6 Å². The molecule has 0 unspecified atom stereocenters. The molecule has 0 bridgehead atoms. The Kier molecular flexibility index (Phi) is 3.89. The second-order valence-electron chi connectivity index (χ2n) is 6.04. The molecule has 0 spiro atoms. The molecule has 1 aliphatic heterocycles. The van der Waals surface area contributed by atoms with E-state index in [9.17, 15) is 9.90 Å². The van der Waals surface area contributed by atoms with Crippen LogP contribution in [0.25, 0.3) is 10.8 Å². The molecule has 3 aromatic rings. The highest BCUT2D eigenvalue weighted by Crippen LogP contribution is 2.32. The predicted octanol–water partition coefficient (Wildman–Crippen LogP) is 2.21. The molecule has 25 heavy (non-hydrogen) atoms. The number of rotatable bonds is 3. The van der Waals surface area contributed by atoms with Gasteiger partial charge < -0.3 is 14.6 Å². The first-order valence-electron chi connectivity index (χ1n) is 8.17. The summed E-state index contributed by atoms with van der Waals surface area (Å²) in [5.41, 5.74) is 1.20. The minimum Gasteiger partial charge on any atom is -0.486 e. The zero-order valence-electron chi connectivity index (χ0n) is 13.8. The monoisotopic (exact) mass is 338 g/mol. The Morgan fingerprint density at radius 3 is 2.64 bits per heavy atom. The van der Waals surface area contributed by atoms with Crippen molar-refractivity contribution in [2.75, 3.05) is 13.2 Å². The normalized spacial score (nSPS) is 14.5. The number of nitrogens with zero attached hydrogens (tertiary/aromatic N) is 2. The first-order valence-corrected chi connectivity index (χ1v) is 8.17. The number of hydrogen-bond acceptors (Lipinski definition) is 5. The maximum Gasteiger partial charge on any atom is 0.274 e.